The first-order valence-electron chi connectivity index (χ1n) is 14.4. The van der Waals surface area contributed by atoms with Crippen molar-refractivity contribution in [3.8, 4) is 0 Å². The van der Waals surface area contributed by atoms with Crippen LogP contribution in [0.25, 0.3) is 0 Å². The first-order chi connectivity index (χ1) is 20.3. The Labute approximate surface area is 252 Å². The molecule has 9 heteroatoms. The lowest BCUT2D eigenvalue weighted by Crippen LogP contribution is -2.19. The van der Waals surface area contributed by atoms with Gasteiger partial charge in [-0.1, -0.05) is 0 Å². The molecule has 2 N–H and O–H groups in total. The van der Waals surface area contributed by atoms with Gasteiger partial charge >= 0.3 is 11.9 Å². The number of rotatable bonds is 6. The summed E-state index contributed by atoms with van der Waals surface area (Å²) in [6.45, 7) is 12.0. The van der Waals surface area contributed by atoms with Crippen LogP contribution in [0.3, 0.4) is 0 Å². The van der Waals surface area contributed by atoms with Gasteiger partial charge in [-0.15, -0.1) is 0 Å². The monoisotopic (exact) mass is 582 g/mol. The van der Waals surface area contributed by atoms with Crippen LogP contribution < -0.4 is 5.32 Å². The number of methoxy groups -OCH3 is 2. The number of nitrogens with one attached hydrogen (secondary N) is 1. The third kappa shape index (κ3) is 5.40. The molecule has 5 rings (SSSR count). The Bertz CT molecular complexity index is 1700. The predicted molar refractivity (Wildman–Crippen MR) is 167 cm³/mol. The van der Waals surface area contributed by atoms with Gasteiger partial charge in [-0.3, -0.25) is 9.59 Å². The highest BCUT2D eigenvalue weighted by Gasteiger charge is 2.38. The average Bonchev–Trinajstić information content (AvgIpc) is 3.59. The van der Waals surface area contributed by atoms with Crippen molar-refractivity contribution in [1.29, 1.82) is 0 Å². The zero-order valence-electron chi connectivity index (χ0n) is 26.1. The highest BCUT2D eigenvalue weighted by Crippen LogP contribution is 2.42. The molecule has 0 fully saturated rings. The number of esters is 2. The zero-order chi connectivity index (χ0) is 31.2. The molecular weight excluding hydrogens is 544 g/mol. The molecule has 0 aromatic carbocycles. The summed E-state index contributed by atoms with van der Waals surface area (Å²) in [6.07, 6.45) is 9.07. The van der Waals surface area contributed by atoms with Crippen LogP contribution in [0.1, 0.15) is 67.2 Å². The minimum Gasteiger partial charge on any atom is -0.509 e. The van der Waals surface area contributed by atoms with Gasteiger partial charge in [0.25, 0.3) is 0 Å². The van der Waals surface area contributed by atoms with Gasteiger partial charge in [0.2, 0.25) is 0 Å². The predicted octanol–water partition coefficient (Wildman–Crippen LogP) is 6.17. The quantitative estimate of drug-likeness (QED) is 0.361. The lowest BCUT2D eigenvalue weighted by atomic mass is 9.87. The summed E-state index contributed by atoms with van der Waals surface area (Å²) in [5.41, 5.74) is 10.9. The number of aliphatic hydroxyl groups excluding tert-OH is 1. The lowest BCUT2D eigenvalue weighted by molar-refractivity contribution is -0.141. The Morgan fingerprint density at radius 2 is 1.26 bits per heavy atom. The molecule has 0 atom stereocenters. The van der Waals surface area contributed by atoms with E-state index in [0.29, 0.717) is 29.9 Å². The first-order valence-corrected chi connectivity index (χ1v) is 14.4. The van der Waals surface area contributed by atoms with Crippen molar-refractivity contribution in [1.82, 2.24) is 5.32 Å². The number of hydrogen-bond donors (Lipinski definition) is 2. The molecule has 5 heterocycles. The van der Waals surface area contributed by atoms with E-state index in [0.717, 1.165) is 62.0 Å². The van der Waals surface area contributed by atoms with E-state index in [9.17, 15) is 14.7 Å². The summed E-state index contributed by atoms with van der Waals surface area (Å²) in [7, 11) is 2.77. The molecule has 0 spiro atoms. The van der Waals surface area contributed by atoms with Crippen LogP contribution in [0.4, 0.5) is 0 Å². The number of carbonyl (C=O) groups excluding carboxylic acids is 2. The van der Waals surface area contributed by atoms with Crippen LogP contribution in [0.5, 0.6) is 0 Å². The largest absolute Gasteiger partial charge is 0.509 e. The minimum atomic E-state index is -0.689. The molecule has 5 aliphatic rings. The van der Waals surface area contributed by atoms with Gasteiger partial charge < -0.3 is 19.9 Å². The van der Waals surface area contributed by atoms with E-state index >= 15 is 0 Å². The molecule has 0 aromatic rings. The highest BCUT2D eigenvalue weighted by molar-refractivity contribution is 6.18. The number of aliphatic hydroxyl groups is 1. The summed E-state index contributed by atoms with van der Waals surface area (Å²) in [5.74, 6) is -0.371. The fourth-order valence-electron chi connectivity index (χ4n) is 5.71. The van der Waals surface area contributed by atoms with Gasteiger partial charge in [0, 0.05) is 18.5 Å². The highest BCUT2D eigenvalue weighted by atomic mass is 16.5. The summed E-state index contributed by atoms with van der Waals surface area (Å²) < 4.78 is 9.84. The van der Waals surface area contributed by atoms with Gasteiger partial charge in [-0.25, -0.2) is 15.0 Å². The number of ether oxygens (including phenoxy) is 2. The average molecular weight is 583 g/mol. The Hall–Kier alpha value is -4.53. The molecule has 224 valence electrons. The van der Waals surface area contributed by atoms with Crippen molar-refractivity contribution in [3.05, 3.63) is 92.0 Å². The van der Waals surface area contributed by atoms with Crippen molar-refractivity contribution < 1.29 is 24.2 Å². The third-order valence-corrected chi connectivity index (χ3v) is 8.86. The minimum absolute atomic E-state index is 0.205. The van der Waals surface area contributed by atoms with Gasteiger partial charge in [-0.05, 0) is 112 Å². The summed E-state index contributed by atoms with van der Waals surface area (Å²) in [4.78, 5) is 39.2. The van der Waals surface area contributed by atoms with E-state index in [2.05, 4.69) is 5.32 Å². The number of aliphatic imine (C=N–C) groups is 3. The second-order valence-electron chi connectivity index (χ2n) is 11.8. The fourth-order valence-corrected chi connectivity index (χ4v) is 5.71. The molecule has 0 saturated heterocycles. The van der Waals surface area contributed by atoms with Crippen molar-refractivity contribution >= 4 is 29.1 Å². The molecule has 9 nitrogen and oxygen atoms in total. The second-order valence-corrected chi connectivity index (χ2v) is 11.8. The molecule has 8 bridgehead atoms. The second kappa shape index (κ2) is 11.3. The molecule has 0 aromatic heterocycles. The molecule has 0 unspecified atom stereocenters. The Balaban J connectivity index is 1.73. The number of hydrogen-bond acceptors (Lipinski definition) is 9. The van der Waals surface area contributed by atoms with Gasteiger partial charge in [0.05, 0.1) is 59.6 Å². The van der Waals surface area contributed by atoms with Gasteiger partial charge in [-0.2, -0.15) is 0 Å². The van der Waals surface area contributed by atoms with E-state index in [-0.39, 0.29) is 30.5 Å². The summed E-state index contributed by atoms with van der Waals surface area (Å²) in [5, 5.41) is 14.7. The van der Waals surface area contributed by atoms with Gasteiger partial charge in [0.1, 0.15) is 5.76 Å². The van der Waals surface area contributed by atoms with E-state index in [1.807, 2.05) is 65.8 Å². The Morgan fingerprint density at radius 3 is 1.91 bits per heavy atom. The number of allylic oxidation sites excluding steroid dienone is 10. The molecule has 5 aliphatic heterocycles. The maximum atomic E-state index is 12.1. The Kier molecular flexibility index (Phi) is 7.86. The molecule has 0 saturated carbocycles. The fraction of sp³-hybridized carbons (Fsp3) is 0.382. The van der Waals surface area contributed by atoms with Crippen molar-refractivity contribution in [2.45, 2.75) is 67.2 Å². The molecule has 43 heavy (non-hydrogen) atoms. The standard InChI is InChI=1S/C34H38N4O5/c1-17-18(2)24-14-29-33(41)34(5,6)30(38-29)16-26-20(4)22(10-12-32(40)43-8)28(37-26)15-27-21(9-11-31(39)42-7)19(3)25(36-27)13-23(17)35-24/h13-16,38,41H,9-12H2,1-8H3. The van der Waals surface area contributed by atoms with Crippen LogP contribution in [-0.2, 0) is 19.1 Å². The molecule has 0 amide bonds. The topological polar surface area (TPSA) is 122 Å². The van der Waals surface area contributed by atoms with Crippen LogP contribution in [-0.4, -0.2) is 48.4 Å². The van der Waals surface area contributed by atoms with Crippen molar-refractivity contribution in [3.63, 3.8) is 0 Å². The third-order valence-electron chi connectivity index (χ3n) is 8.86. The van der Waals surface area contributed by atoms with E-state index in [1.165, 1.54) is 14.2 Å². The van der Waals surface area contributed by atoms with E-state index in [1.54, 1.807) is 0 Å². The Morgan fingerprint density at radius 1 is 0.721 bits per heavy atom. The summed E-state index contributed by atoms with van der Waals surface area (Å²) >= 11 is 0. The lowest BCUT2D eigenvalue weighted by Gasteiger charge is -2.20. The number of fused-ring (bicyclic) bond motifs is 5. The SMILES string of the molecule is COC(=O)CCC1=C(C)C2=NC1=CC1=NC(=CC3=NC(=CC4=C(O)C(C)(C)C(=C2)N4)C(C)=C3C)C(C)=C1CCC(=O)OC. The van der Waals surface area contributed by atoms with Gasteiger partial charge in [0.15, 0.2) is 0 Å². The maximum absolute atomic E-state index is 12.1. The van der Waals surface area contributed by atoms with Crippen molar-refractivity contribution in [2.75, 3.05) is 14.2 Å². The first kappa shape index (κ1) is 29.9. The molecule has 0 aliphatic carbocycles. The summed E-state index contributed by atoms with van der Waals surface area (Å²) in [6, 6.07) is 0. The van der Waals surface area contributed by atoms with Crippen LogP contribution in [0.15, 0.2) is 107 Å². The molecular formula is C34H38N4O5. The van der Waals surface area contributed by atoms with E-state index < -0.39 is 5.41 Å². The van der Waals surface area contributed by atoms with Crippen LogP contribution in [0.2, 0.25) is 0 Å². The number of carbonyl (C=O) groups is 2. The van der Waals surface area contributed by atoms with Crippen LogP contribution >= 0.6 is 0 Å². The smallest absolute Gasteiger partial charge is 0.305 e. The normalized spacial score (nSPS) is 20.8. The van der Waals surface area contributed by atoms with E-state index in [4.69, 9.17) is 24.5 Å². The molecule has 0 radical (unpaired) electrons. The zero-order valence-corrected chi connectivity index (χ0v) is 26.1. The number of nitrogens with zero attached hydrogens (tertiary/aromatic N) is 3. The van der Waals surface area contributed by atoms with Crippen LogP contribution in [0, 0.1) is 5.41 Å². The van der Waals surface area contributed by atoms with Crippen molar-refractivity contribution in [2.24, 2.45) is 20.4 Å². The maximum Gasteiger partial charge on any atom is 0.305 e.